The summed E-state index contributed by atoms with van der Waals surface area (Å²) in [5.74, 6) is 1.66. The van der Waals surface area contributed by atoms with Crippen molar-refractivity contribution in [2.45, 2.75) is 96.1 Å². The van der Waals surface area contributed by atoms with Crippen LogP contribution in [-0.2, 0) is 0 Å². The Hall–Kier alpha value is -2.42. The predicted octanol–water partition coefficient (Wildman–Crippen LogP) is 8.86. The Balaban J connectivity index is 1.39. The van der Waals surface area contributed by atoms with Crippen LogP contribution in [0.3, 0.4) is 0 Å². The summed E-state index contributed by atoms with van der Waals surface area (Å²) in [5.41, 5.74) is 13.3. The van der Waals surface area contributed by atoms with Crippen LogP contribution in [0.5, 0.6) is 0 Å². The molecule has 1 heterocycles. The second-order valence-corrected chi connectivity index (χ2v) is 13.6. The zero-order valence-corrected chi connectivity index (χ0v) is 25.5. The maximum Gasteiger partial charge on any atom is 0.0285 e. The first-order chi connectivity index (χ1) is 20.2. The standard InChI is InChI=1S/C39H50N2/c1-27-31-15-8-9-17-34(31)38(37-25-29-12-6-7-16-33(29)35-18-10-11-19-36(35)37)26-41(30-13-4-3-5-14-30)39-24-28(22-23-40-2)20-21-32(27)39/h4,8,10-11,13,15,18-20,25,30,32,35-36,39-40H,3,5-7,9,12,14,16-17,21-24,26H2,1-2H3/b31-27+,38-34+. The van der Waals surface area contributed by atoms with Crippen LogP contribution in [-0.4, -0.2) is 37.1 Å². The van der Waals surface area contributed by atoms with Gasteiger partial charge in [-0.3, -0.25) is 4.90 Å². The highest BCUT2D eigenvalue weighted by Gasteiger charge is 2.41. The summed E-state index contributed by atoms with van der Waals surface area (Å²) >= 11 is 0. The summed E-state index contributed by atoms with van der Waals surface area (Å²) in [5, 5.41) is 3.41. The highest BCUT2D eigenvalue weighted by atomic mass is 15.2. The molecule has 0 fully saturated rings. The molecule has 0 saturated carbocycles. The molecule has 0 aromatic carbocycles. The molecule has 2 heteroatoms. The van der Waals surface area contributed by atoms with E-state index in [-0.39, 0.29) is 0 Å². The average Bonchev–Trinajstić information content (AvgIpc) is 3.03. The summed E-state index contributed by atoms with van der Waals surface area (Å²) < 4.78 is 0. The minimum atomic E-state index is 0.489. The van der Waals surface area contributed by atoms with Gasteiger partial charge in [-0.1, -0.05) is 77.5 Å². The number of allylic oxidation sites excluding steroid dienone is 13. The number of nitrogens with one attached hydrogen (secondary N) is 1. The first-order valence-electron chi connectivity index (χ1n) is 16.9. The zero-order valence-electron chi connectivity index (χ0n) is 25.5. The van der Waals surface area contributed by atoms with Gasteiger partial charge in [0.15, 0.2) is 0 Å². The van der Waals surface area contributed by atoms with Crippen LogP contribution in [0.15, 0.2) is 105 Å². The first kappa shape index (κ1) is 27.4. The third-order valence-corrected chi connectivity index (χ3v) is 11.4. The molecule has 0 aromatic rings. The highest BCUT2D eigenvalue weighted by molar-refractivity contribution is 5.59. The predicted molar refractivity (Wildman–Crippen MR) is 174 cm³/mol. The Morgan fingerprint density at radius 3 is 2.66 bits per heavy atom. The van der Waals surface area contributed by atoms with E-state index in [4.69, 9.17) is 0 Å². The molecular formula is C39H50N2. The van der Waals surface area contributed by atoms with Crippen LogP contribution in [0.1, 0.15) is 84.0 Å². The van der Waals surface area contributed by atoms with Gasteiger partial charge in [-0.2, -0.15) is 0 Å². The minimum absolute atomic E-state index is 0.489. The van der Waals surface area contributed by atoms with Crippen molar-refractivity contribution in [3.63, 3.8) is 0 Å². The second-order valence-electron chi connectivity index (χ2n) is 13.6. The molecule has 0 radical (unpaired) electrons. The van der Waals surface area contributed by atoms with Crippen LogP contribution < -0.4 is 5.32 Å². The van der Waals surface area contributed by atoms with E-state index in [0.29, 0.717) is 29.8 Å². The Kier molecular flexibility index (Phi) is 8.06. The molecule has 7 aliphatic rings. The Morgan fingerprint density at radius 1 is 0.927 bits per heavy atom. The van der Waals surface area contributed by atoms with Gasteiger partial charge in [-0.05, 0) is 131 Å². The topological polar surface area (TPSA) is 15.3 Å². The normalized spacial score (nSPS) is 37.0. The van der Waals surface area contributed by atoms with Crippen molar-refractivity contribution >= 4 is 0 Å². The summed E-state index contributed by atoms with van der Waals surface area (Å²) in [7, 11) is 2.09. The van der Waals surface area contributed by atoms with Gasteiger partial charge in [0.05, 0.1) is 0 Å². The molecule has 1 N–H and O–H groups in total. The number of hydrogen-bond acceptors (Lipinski definition) is 2. The summed E-state index contributed by atoms with van der Waals surface area (Å²) in [6, 6.07) is 1.13. The Bertz CT molecular complexity index is 1320. The van der Waals surface area contributed by atoms with Gasteiger partial charge in [0, 0.05) is 30.5 Å². The van der Waals surface area contributed by atoms with E-state index in [2.05, 4.69) is 84.9 Å². The Labute approximate surface area is 249 Å². The minimum Gasteiger partial charge on any atom is -0.319 e. The fourth-order valence-electron chi connectivity index (χ4n) is 9.20. The van der Waals surface area contributed by atoms with Crippen LogP contribution >= 0.6 is 0 Å². The van der Waals surface area contributed by atoms with Gasteiger partial charge in [-0.15, -0.1) is 0 Å². The lowest BCUT2D eigenvalue weighted by molar-refractivity contribution is 0.119. The lowest BCUT2D eigenvalue weighted by Gasteiger charge is -2.48. The molecule has 7 rings (SSSR count). The van der Waals surface area contributed by atoms with E-state index in [0.717, 1.165) is 13.1 Å². The average molecular weight is 547 g/mol. The van der Waals surface area contributed by atoms with Gasteiger partial charge >= 0.3 is 0 Å². The van der Waals surface area contributed by atoms with Gasteiger partial charge < -0.3 is 5.32 Å². The van der Waals surface area contributed by atoms with Crippen molar-refractivity contribution < 1.29 is 0 Å². The van der Waals surface area contributed by atoms with Crippen LogP contribution in [0, 0.1) is 17.8 Å². The number of rotatable bonds is 5. The van der Waals surface area contributed by atoms with Gasteiger partial charge in [0.2, 0.25) is 0 Å². The third kappa shape index (κ3) is 5.21. The van der Waals surface area contributed by atoms with E-state index in [1.807, 2.05) is 0 Å². The van der Waals surface area contributed by atoms with E-state index in [1.54, 1.807) is 44.6 Å². The molecule has 0 bridgehead atoms. The van der Waals surface area contributed by atoms with Gasteiger partial charge in [0.25, 0.3) is 0 Å². The molecule has 0 aromatic heterocycles. The van der Waals surface area contributed by atoms with Crippen molar-refractivity contribution in [1.29, 1.82) is 0 Å². The molecule has 5 unspecified atom stereocenters. The fraction of sp³-hybridized carbons (Fsp3) is 0.538. The molecule has 2 nitrogen and oxygen atoms in total. The van der Waals surface area contributed by atoms with Crippen molar-refractivity contribution in [1.82, 2.24) is 10.2 Å². The monoisotopic (exact) mass is 546 g/mol. The van der Waals surface area contributed by atoms with Crippen LogP contribution in [0.2, 0.25) is 0 Å². The molecule has 41 heavy (non-hydrogen) atoms. The van der Waals surface area contributed by atoms with E-state index < -0.39 is 0 Å². The van der Waals surface area contributed by atoms with Crippen molar-refractivity contribution in [2.24, 2.45) is 17.8 Å². The van der Waals surface area contributed by atoms with E-state index in [9.17, 15) is 0 Å². The second kappa shape index (κ2) is 12.1. The molecule has 0 saturated heterocycles. The van der Waals surface area contributed by atoms with Crippen LogP contribution in [0.4, 0.5) is 0 Å². The molecule has 216 valence electrons. The van der Waals surface area contributed by atoms with Crippen molar-refractivity contribution in [3.05, 3.63) is 105 Å². The number of fused-ring (bicyclic) bond motifs is 4. The molecule has 6 aliphatic carbocycles. The highest BCUT2D eigenvalue weighted by Crippen LogP contribution is 2.50. The lowest BCUT2D eigenvalue weighted by atomic mass is 9.65. The lowest BCUT2D eigenvalue weighted by Crippen LogP contribution is -2.50. The molecule has 0 spiro atoms. The molecule has 5 atom stereocenters. The SMILES string of the molecule is CNCCC1=CCC2/C(C)=C3\C=CCC\C3=C(/C3=CC4=C(CCCC4)C4C=CC=CC34)CN(C3C=CCCC3)C2C1. The zero-order chi connectivity index (χ0) is 27.8. The third-order valence-electron chi connectivity index (χ3n) is 11.4. The van der Waals surface area contributed by atoms with E-state index >= 15 is 0 Å². The summed E-state index contributed by atoms with van der Waals surface area (Å²) in [6.45, 7) is 4.68. The van der Waals surface area contributed by atoms with Gasteiger partial charge in [-0.25, -0.2) is 0 Å². The smallest absolute Gasteiger partial charge is 0.0285 e. The maximum absolute atomic E-state index is 3.41. The molecule has 1 aliphatic heterocycles. The Morgan fingerprint density at radius 2 is 1.80 bits per heavy atom. The fourth-order valence-corrected chi connectivity index (χ4v) is 9.20. The van der Waals surface area contributed by atoms with Crippen molar-refractivity contribution in [3.8, 4) is 0 Å². The maximum atomic E-state index is 3.41. The number of hydrogen-bond donors (Lipinski definition) is 1. The van der Waals surface area contributed by atoms with E-state index in [1.165, 1.54) is 77.0 Å². The summed E-state index contributed by atoms with van der Waals surface area (Å²) in [4.78, 5) is 3.01. The molecular weight excluding hydrogens is 496 g/mol. The van der Waals surface area contributed by atoms with Crippen LogP contribution in [0.25, 0.3) is 0 Å². The van der Waals surface area contributed by atoms with Crippen molar-refractivity contribution in [2.75, 3.05) is 20.1 Å². The van der Waals surface area contributed by atoms with Gasteiger partial charge in [0.1, 0.15) is 0 Å². The number of nitrogens with zero attached hydrogens (tertiary/aromatic N) is 1. The quantitative estimate of drug-likeness (QED) is 0.347. The summed E-state index contributed by atoms with van der Waals surface area (Å²) in [6.07, 6.45) is 40.2. The molecule has 0 amide bonds. The first-order valence-corrected chi connectivity index (χ1v) is 16.9. The largest absolute Gasteiger partial charge is 0.319 e.